The van der Waals surface area contributed by atoms with Gasteiger partial charge in [-0.05, 0) is 43.0 Å². The molecule has 0 amide bonds. The number of hydrogen-bond donors (Lipinski definition) is 2. The fourth-order valence-electron chi connectivity index (χ4n) is 4.29. The molecule has 2 fully saturated rings. The molecule has 0 radical (unpaired) electrons. The van der Waals surface area contributed by atoms with Gasteiger partial charge in [0.25, 0.3) is 0 Å². The number of nitrogens with one attached hydrogen (secondary N) is 1. The highest BCUT2D eigenvalue weighted by Gasteiger charge is 2.34. The van der Waals surface area contributed by atoms with Crippen LogP contribution in [-0.2, 0) is 7.05 Å². The molecule has 0 spiro atoms. The van der Waals surface area contributed by atoms with Gasteiger partial charge in [0.05, 0.1) is 11.9 Å². The van der Waals surface area contributed by atoms with E-state index in [2.05, 4.69) is 40.6 Å². The second kappa shape index (κ2) is 7.49. The predicted molar refractivity (Wildman–Crippen MR) is 119 cm³/mol. The molecule has 2 N–H and O–H groups in total. The summed E-state index contributed by atoms with van der Waals surface area (Å²) in [5.74, 6) is 1.52. The fraction of sp³-hybridized carbons (Fsp3) is 0.364. The number of phenolic OH excluding ortho intramolecular Hbond substituents is 1. The molecule has 1 atom stereocenters. The molecule has 32 heavy (non-hydrogen) atoms. The zero-order valence-electron chi connectivity index (χ0n) is 17.7. The van der Waals surface area contributed by atoms with Crippen molar-refractivity contribution in [3.8, 4) is 28.3 Å². The van der Waals surface area contributed by atoms with Crippen molar-refractivity contribution in [3.05, 3.63) is 36.5 Å². The second-order valence-corrected chi connectivity index (χ2v) is 8.45. The van der Waals surface area contributed by atoms with Crippen LogP contribution in [0.5, 0.6) is 5.75 Å². The van der Waals surface area contributed by atoms with E-state index in [0.29, 0.717) is 34.6 Å². The van der Waals surface area contributed by atoms with Gasteiger partial charge in [-0.2, -0.15) is 9.90 Å². The molecular formula is C22H23N9O. The molecule has 4 heterocycles. The average molecular weight is 429 g/mol. The van der Waals surface area contributed by atoms with Crippen LogP contribution in [0.1, 0.15) is 12.8 Å². The molecule has 0 bridgehead atoms. The Balaban J connectivity index is 1.23. The number of hydrogen-bond acceptors (Lipinski definition) is 9. The van der Waals surface area contributed by atoms with Crippen molar-refractivity contribution in [2.24, 2.45) is 13.0 Å². The standard InChI is InChI=1S/C22H23N9O/c1-30-28-17-7-6-16(25-21(17)29-30)14-4-5-15(20(32)10-14)18-11-24-22(27-26-18)31-9-8-23-19(12-31)13-2-3-13/h4-7,10-11,13,19,23,32H,2-3,8-9,12H2,1H3/t19-/m1/s1. The first-order valence-corrected chi connectivity index (χ1v) is 10.8. The summed E-state index contributed by atoms with van der Waals surface area (Å²) in [6.45, 7) is 2.71. The largest absolute Gasteiger partial charge is 0.507 e. The van der Waals surface area contributed by atoms with Gasteiger partial charge in [0.2, 0.25) is 11.6 Å². The molecule has 3 aromatic heterocycles. The molecule has 10 heteroatoms. The number of benzene rings is 1. The molecule has 1 aromatic carbocycles. The summed E-state index contributed by atoms with van der Waals surface area (Å²) < 4.78 is 0. The first kappa shape index (κ1) is 19.1. The number of piperazine rings is 1. The molecule has 0 unspecified atom stereocenters. The normalized spacial score (nSPS) is 18.9. The Morgan fingerprint density at radius 2 is 1.97 bits per heavy atom. The molecule has 1 aliphatic heterocycles. The summed E-state index contributed by atoms with van der Waals surface area (Å²) in [5.41, 5.74) is 3.90. The zero-order valence-corrected chi connectivity index (χ0v) is 17.7. The molecule has 162 valence electrons. The number of fused-ring (bicyclic) bond motifs is 1. The molecule has 1 saturated heterocycles. The van der Waals surface area contributed by atoms with E-state index in [1.807, 2.05) is 24.3 Å². The monoisotopic (exact) mass is 429 g/mol. The smallest absolute Gasteiger partial charge is 0.245 e. The van der Waals surface area contributed by atoms with E-state index < -0.39 is 0 Å². The van der Waals surface area contributed by atoms with Crippen LogP contribution >= 0.6 is 0 Å². The van der Waals surface area contributed by atoms with E-state index in [4.69, 9.17) is 0 Å². The van der Waals surface area contributed by atoms with Crippen molar-refractivity contribution >= 4 is 17.1 Å². The van der Waals surface area contributed by atoms with Crippen molar-refractivity contribution in [2.75, 3.05) is 24.5 Å². The number of aromatic hydroxyl groups is 1. The number of aryl methyl sites for hydroxylation is 1. The van der Waals surface area contributed by atoms with Crippen molar-refractivity contribution in [1.29, 1.82) is 0 Å². The molecular weight excluding hydrogens is 406 g/mol. The molecule has 1 saturated carbocycles. The van der Waals surface area contributed by atoms with Crippen LogP contribution in [0.15, 0.2) is 36.5 Å². The number of nitrogens with zero attached hydrogens (tertiary/aromatic N) is 8. The summed E-state index contributed by atoms with van der Waals surface area (Å²) in [7, 11) is 1.76. The number of rotatable bonds is 4. The van der Waals surface area contributed by atoms with Crippen LogP contribution in [0.3, 0.4) is 0 Å². The Morgan fingerprint density at radius 3 is 2.75 bits per heavy atom. The minimum Gasteiger partial charge on any atom is -0.507 e. The van der Waals surface area contributed by atoms with Gasteiger partial charge in [0.15, 0.2) is 0 Å². The molecule has 10 nitrogen and oxygen atoms in total. The lowest BCUT2D eigenvalue weighted by molar-refractivity contribution is 0.414. The molecule has 1 aliphatic carbocycles. The highest BCUT2D eigenvalue weighted by atomic mass is 16.3. The van der Waals surface area contributed by atoms with E-state index in [0.717, 1.165) is 36.6 Å². The van der Waals surface area contributed by atoms with Gasteiger partial charge in [0.1, 0.15) is 17.0 Å². The SMILES string of the molecule is Cn1nc2ccc(-c3ccc(-c4cnc(N5CCN[C@@H](C6CC6)C5)nn4)c(O)c3)nc2n1. The van der Waals surface area contributed by atoms with E-state index in [1.54, 1.807) is 19.3 Å². The van der Waals surface area contributed by atoms with Crippen molar-refractivity contribution in [1.82, 2.24) is 40.5 Å². The van der Waals surface area contributed by atoms with Crippen LogP contribution in [0.2, 0.25) is 0 Å². The Morgan fingerprint density at radius 1 is 1.06 bits per heavy atom. The average Bonchev–Trinajstić information content (AvgIpc) is 3.60. The van der Waals surface area contributed by atoms with Crippen molar-refractivity contribution in [3.63, 3.8) is 0 Å². The summed E-state index contributed by atoms with van der Waals surface area (Å²) in [4.78, 5) is 12.8. The summed E-state index contributed by atoms with van der Waals surface area (Å²) in [6.07, 6.45) is 4.29. The zero-order chi connectivity index (χ0) is 21.7. The summed E-state index contributed by atoms with van der Waals surface area (Å²) in [6, 6.07) is 9.63. The lowest BCUT2D eigenvalue weighted by Crippen LogP contribution is -2.52. The van der Waals surface area contributed by atoms with Crippen molar-refractivity contribution < 1.29 is 5.11 Å². The maximum atomic E-state index is 10.7. The Bertz CT molecular complexity index is 1280. The summed E-state index contributed by atoms with van der Waals surface area (Å²) >= 11 is 0. The van der Waals surface area contributed by atoms with E-state index >= 15 is 0 Å². The topological polar surface area (TPSA) is 118 Å². The number of anilines is 1. The highest BCUT2D eigenvalue weighted by Crippen LogP contribution is 2.34. The number of aromatic nitrogens is 7. The third kappa shape index (κ3) is 3.52. The van der Waals surface area contributed by atoms with Gasteiger partial charge in [-0.1, -0.05) is 6.07 Å². The van der Waals surface area contributed by atoms with Gasteiger partial charge in [-0.25, -0.2) is 9.97 Å². The van der Waals surface area contributed by atoms with E-state index in [1.165, 1.54) is 17.6 Å². The number of phenols is 1. The lowest BCUT2D eigenvalue weighted by atomic mass is 10.1. The maximum absolute atomic E-state index is 10.7. The lowest BCUT2D eigenvalue weighted by Gasteiger charge is -2.33. The number of pyridine rings is 1. The first-order chi connectivity index (χ1) is 15.6. The Kier molecular flexibility index (Phi) is 4.46. The second-order valence-electron chi connectivity index (χ2n) is 8.45. The third-order valence-corrected chi connectivity index (χ3v) is 6.14. The van der Waals surface area contributed by atoms with Crippen LogP contribution < -0.4 is 10.2 Å². The Hall–Kier alpha value is -3.66. The predicted octanol–water partition coefficient (Wildman–Crippen LogP) is 1.78. The highest BCUT2D eigenvalue weighted by molar-refractivity contribution is 5.77. The van der Waals surface area contributed by atoms with Crippen LogP contribution in [-0.4, -0.2) is 65.9 Å². The fourth-order valence-corrected chi connectivity index (χ4v) is 4.29. The van der Waals surface area contributed by atoms with Gasteiger partial charge in [-0.3, -0.25) is 0 Å². The van der Waals surface area contributed by atoms with Crippen molar-refractivity contribution in [2.45, 2.75) is 18.9 Å². The van der Waals surface area contributed by atoms with Gasteiger partial charge in [-0.15, -0.1) is 15.3 Å². The summed E-state index contributed by atoms with van der Waals surface area (Å²) in [5, 5.41) is 31.4. The quantitative estimate of drug-likeness (QED) is 0.500. The minimum absolute atomic E-state index is 0.100. The van der Waals surface area contributed by atoms with Crippen LogP contribution in [0.25, 0.3) is 33.7 Å². The van der Waals surface area contributed by atoms with E-state index in [-0.39, 0.29) is 5.75 Å². The molecule has 2 aliphatic rings. The minimum atomic E-state index is 0.100. The van der Waals surface area contributed by atoms with Crippen LogP contribution in [0, 0.1) is 5.92 Å². The molecule has 6 rings (SSSR count). The van der Waals surface area contributed by atoms with Gasteiger partial charge in [0, 0.05) is 43.9 Å². The van der Waals surface area contributed by atoms with E-state index in [9.17, 15) is 5.11 Å². The first-order valence-electron chi connectivity index (χ1n) is 10.8. The maximum Gasteiger partial charge on any atom is 0.245 e. The van der Waals surface area contributed by atoms with Gasteiger partial charge >= 0.3 is 0 Å². The third-order valence-electron chi connectivity index (χ3n) is 6.14. The van der Waals surface area contributed by atoms with Gasteiger partial charge < -0.3 is 15.3 Å². The molecule has 4 aromatic rings. The van der Waals surface area contributed by atoms with Crippen LogP contribution in [0.4, 0.5) is 5.95 Å². The Labute approximate surface area is 184 Å².